The van der Waals surface area contributed by atoms with Gasteiger partial charge in [-0.3, -0.25) is 4.79 Å². The highest BCUT2D eigenvalue weighted by Gasteiger charge is 2.22. The maximum Gasteiger partial charge on any atom is 0.169 e. The fourth-order valence-corrected chi connectivity index (χ4v) is 2.40. The highest BCUT2D eigenvalue weighted by atomic mass is 19.1. The van der Waals surface area contributed by atoms with Crippen LogP contribution in [0.5, 0.6) is 0 Å². The number of carboxylic acids is 1. The van der Waals surface area contributed by atoms with E-state index in [1.54, 1.807) is 5.32 Å². The maximum atomic E-state index is 12.9. The minimum Gasteiger partial charge on any atom is -0.544 e. The monoisotopic (exact) mass is 315 g/mol. The van der Waals surface area contributed by atoms with Crippen LogP contribution in [0.15, 0.2) is 54.6 Å². The standard InChI is InChI=1S/C18H18FNO3/c1-12(13-5-3-2-4-6-13)20-16(18(22)23)11-17(21)14-7-9-15(19)10-8-14/h2-10,12,16,20H,11H2,1H3,(H,22,23)/t12-,16+/m1/s1. The number of halogens is 1. The smallest absolute Gasteiger partial charge is 0.169 e. The zero-order valence-corrected chi connectivity index (χ0v) is 12.7. The highest BCUT2D eigenvalue weighted by Crippen LogP contribution is 2.09. The van der Waals surface area contributed by atoms with Crippen LogP contribution in [0.1, 0.15) is 35.3 Å². The SMILES string of the molecule is C[C@@H]([NH2+][C@@H](CC(=O)c1ccc(F)cc1)C(=O)[O-])c1ccccc1. The van der Waals surface area contributed by atoms with Gasteiger partial charge < -0.3 is 15.2 Å². The van der Waals surface area contributed by atoms with Crippen molar-refractivity contribution in [2.75, 3.05) is 0 Å². The molecule has 0 aliphatic carbocycles. The molecule has 0 saturated carbocycles. The second-order valence-electron chi connectivity index (χ2n) is 5.45. The Morgan fingerprint density at radius 1 is 1.09 bits per heavy atom. The van der Waals surface area contributed by atoms with E-state index in [4.69, 9.17) is 0 Å². The first-order valence-corrected chi connectivity index (χ1v) is 7.37. The van der Waals surface area contributed by atoms with E-state index in [0.717, 1.165) is 5.56 Å². The number of hydrogen-bond acceptors (Lipinski definition) is 3. The zero-order valence-electron chi connectivity index (χ0n) is 12.7. The molecule has 0 spiro atoms. The largest absolute Gasteiger partial charge is 0.544 e. The highest BCUT2D eigenvalue weighted by molar-refractivity contribution is 5.98. The molecule has 2 N–H and O–H groups in total. The van der Waals surface area contributed by atoms with Gasteiger partial charge in [0.25, 0.3) is 0 Å². The van der Waals surface area contributed by atoms with Gasteiger partial charge in [-0.05, 0) is 31.2 Å². The number of quaternary nitrogens is 1. The van der Waals surface area contributed by atoms with Crippen molar-refractivity contribution >= 4 is 11.8 Å². The molecule has 23 heavy (non-hydrogen) atoms. The molecule has 0 heterocycles. The molecule has 2 aromatic rings. The molecule has 120 valence electrons. The van der Waals surface area contributed by atoms with Crippen molar-refractivity contribution in [2.45, 2.75) is 25.4 Å². The Morgan fingerprint density at radius 2 is 1.70 bits per heavy atom. The summed E-state index contributed by atoms with van der Waals surface area (Å²) in [5.74, 6) is -2.08. The molecule has 0 fully saturated rings. The van der Waals surface area contributed by atoms with E-state index < -0.39 is 17.8 Å². The Labute approximate surface area is 134 Å². The number of benzene rings is 2. The fraction of sp³-hybridized carbons (Fsp3) is 0.222. The number of rotatable bonds is 7. The molecule has 0 amide bonds. The van der Waals surface area contributed by atoms with Crippen LogP contribution in [0.2, 0.25) is 0 Å². The van der Waals surface area contributed by atoms with Gasteiger partial charge in [0.15, 0.2) is 5.78 Å². The Balaban J connectivity index is 2.05. The number of carboxylic acid groups (broad SMARTS) is 1. The number of carbonyl (C=O) groups excluding carboxylic acids is 2. The summed E-state index contributed by atoms with van der Waals surface area (Å²) < 4.78 is 12.9. The number of carbonyl (C=O) groups is 2. The van der Waals surface area contributed by atoms with Crippen molar-refractivity contribution in [1.82, 2.24) is 0 Å². The first-order valence-electron chi connectivity index (χ1n) is 7.37. The third-order valence-corrected chi connectivity index (χ3v) is 3.72. The predicted molar refractivity (Wildman–Crippen MR) is 80.9 cm³/mol. The van der Waals surface area contributed by atoms with Crippen LogP contribution < -0.4 is 10.4 Å². The van der Waals surface area contributed by atoms with Crippen LogP contribution in [0.4, 0.5) is 4.39 Å². The van der Waals surface area contributed by atoms with Crippen molar-refractivity contribution in [1.29, 1.82) is 0 Å². The summed E-state index contributed by atoms with van der Waals surface area (Å²) in [7, 11) is 0. The van der Waals surface area contributed by atoms with Gasteiger partial charge in [-0.1, -0.05) is 30.3 Å². The third kappa shape index (κ3) is 4.72. The first-order chi connectivity index (χ1) is 11.0. The van der Waals surface area contributed by atoms with Gasteiger partial charge in [0, 0.05) is 11.1 Å². The van der Waals surface area contributed by atoms with Crippen LogP contribution >= 0.6 is 0 Å². The Morgan fingerprint density at radius 3 is 2.26 bits per heavy atom. The summed E-state index contributed by atoms with van der Waals surface area (Å²) in [6.45, 7) is 1.87. The summed E-state index contributed by atoms with van der Waals surface area (Å²) >= 11 is 0. The van der Waals surface area contributed by atoms with Crippen LogP contribution in [0.25, 0.3) is 0 Å². The van der Waals surface area contributed by atoms with Crippen LogP contribution in [-0.4, -0.2) is 17.8 Å². The summed E-state index contributed by atoms with van der Waals surface area (Å²) in [4.78, 5) is 23.5. The molecular formula is C18H18FNO3. The molecule has 0 unspecified atom stereocenters. The topological polar surface area (TPSA) is 73.8 Å². The van der Waals surface area contributed by atoms with Crippen molar-refractivity contribution in [3.05, 3.63) is 71.5 Å². The lowest BCUT2D eigenvalue weighted by Gasteiger charge is -2.20. The number of aliphatic carboxylic acids is 1. The van der Waals surface area contributed by atoms with Gasteiger partial charge in [0.1, 0.15) is 17.9 Å². The molecule has 5 heteroatoms. The molecule has 4 nitrogen and oxygen atoms in total. The number of nitrogens with two attached hydrogens (primary N) is 1. The van der Waals surface area contributed by atoms with E-state index >= 15 is 0 Å². The van der Waals surface area contributed by atoms with E-state index in [0.29, 0.717) is 5.56 Å². The zero-order chi connectivity index (χ0) is 16.8. The third-order valence-electron chi connectivity index (χ3n) is 3.72. The van der Waals surface area contributed by atoms with Gasteiger partial charge in [0.05, 0.1) is 12.4 Å². The van der Waals surface area contributed by atoms with Crippen molar-refractivity contribution < 1.29 is 24.4 Å². The second-order valence-corrected chi connectivity index (χ2v) is 5.45. The molecule has 0 aromatic heterocycles. The molecule has 0 saturated heterocycles. The van der Waals surface area contributed by atoms with E-state index in [1.165, 1.54) is 24.3 Å². The summed E-state index contributed by atoms with van der Waals surface area (Å²) in [6.07, 6.45) is -0.203. The average molecular weight is 315 g/mol. The summed E-state index contributed by atoms with van der Waals surface area (Å²) in [5, 5.41) is 12.9. The molecule has 0 radical (unpaired) electrons. The van der Waals surface area contributed by atoms with E-state index in [1.807, 2.05) is 37.3 Å². The lowest BCUT2D eigenvalue weighted by atomic mass is 10.0. The molecule has 0 aliphatic rings. The van der Waals surface area contributed by atoms with Crippen molar-refractivity contribution in [3.63, 3.8) is 0 Å². The van der Waals surface area contributed by atoms with E-state index in [9.17, 15) is 19.1 Å². The van der Waals surface area contributed by atoms with Crippen LogP contribution in [-0.2, 0) is 4.79 Å². The maximum absolute atomic E-state index is 12.9. The minimum atomic E-state index is -1.29. The quantitative estimate of drug-likeness (QED) is 0.770. The molecule has 2 rings (SSSR count). The van der Waals surface area contributed by atoms with Gasteiger partial charge >= 0.3 is 0 Å². The molecule has 2 atom stereocenters. The Hall–Kier alpha value is -2.53. The number of Topliss-reactive ketones (excluding diaryl/α,β-unsaturated/α-hetero) is 1. The average Bonchev–Trinajstić information content (AvgIpc) is 2.55. The van der Waals surface area contributed by atoms with E-state index in [2.05, 4.69) is 0 Å². The van der Waals surface area contributed by atoms with Crippen LogP contribution in [0.3, 0.4) is 0 Å². The molecule has 0 aliphatic heterocycles. The molecule has 2 aromatic carbocycles. The van der Waals surface area contributed by atoms with Crippen LogP contribution in [0, 0.1) is 5.82 Å². The molecule has 0 bridgehead atoms. The van der Waals surface area contributed by atoms with Gasteiger partial charge in [-0.15, -0.1) is 0 Å². The number of ketones is 1. The summed E-state index contributed by atoms with van der Waals surface area (Å²) in [6, 6.07) is 13.4. The van der Waals surface area contributed by atoms with Gasteiger partial charge in [-0.2, -0.15) is 0 Å². The van der Waals surface area contributed by atoms with Crippen molar-refractivity contribution in [2.24, 2.45) is 0 Å². The van der Waals surface area contributed by atoms with Gasteiger partial charge in [0.2, 0.25) is 0 Å². The lowest BCUT2D eigenvalue weighted by Crippen LogP contribution is -2.93. The predicted octanol–water partition coefficient (Wildman–Crippen LogP) is 0.842. The minimum absolute atomic E-state index is 0.125. The number of hydrogen-bond donors (Lipinski definition) is 1. The van der Waals surface area contributed by atoms with Crippen molar-refractivity contribution in [3.8, 4) is 0 Å². The lowest BCUT2D eigenvalue weighted by molar-refractivity contribution is -0.717. The van der Waals surface area contributed by atoms with E-state index in [-0.39, 0.29) is 18.2 Å². The Kier molecular flexibility index (Phi) is 5.60. The Bertz CT molecular complexity index is 670. The van der Waals surface area contributed by atoms with Gasteiger partial charge in [-0.25, -0.2) is 4.39 Å². The normalized spacial score (nSPS) is 13.3. The summed E-state index contributed by atoms with van der Waals surface area (Å²) in [5.41, 5.74) is 1.26. The fourth-order valence-electron chi connectivity index (χ4n) is 2.40. The molecular weight excluding hydrogens is 297 g/mol. The second kappa shape index (κ2) is 7.65. The first kappa shape index (κ1) is 16.8.